The molecular formula is C13H16FN. The highest BCUT2D eigenvalue weighted by Crippen LogP contribution is 2.20. The lowest BCUT2D eigenvalue weighted by Gasteiger charge is -2.16. The van der Waals surface area contributed by atoms with Crippen molar-refractivity contribution in [1.82, 2.24) is 5.32 Å². The van der Waals surface area contributed by atoms with E-state index in [0.29, 0.717) is 6.42 Å². The van der Waals surface area contributed by atoms with Gasteiger partial charge in [-0.2, -0.15) is 0 Å². The van der Waals surface area contributed by atoms with Gasteiger partial charge in [0.2, 0.25) is 0 Å². The molecule has 0 spiro atoms. The summed E-state index contributed by atoms with van der Waals surface area (Å²) >= 11 is 0. The first-order chi connectivity index (χ1) is 7.19. The molecule has 0 aliphatic carbocycles. The van der Waals surface area contributed by atoms with Crippen molar-refractivity contribution in [3.05, 3.63) is 35.1 Å². The second-order valence-electron chi connectivity index (χ2n) is 3.47. The third-order valence-electron chi connectivity index (χ3n) is 2.45. The zero-order valence-electron chi connectivity index (χ0n) is 9.39. The molecular weight excluding hydrogens is 189 g/mol. The number of rotatable bonds is 3. The van der Waals surface area contributed by atoms with Crippen LogP contribution in [0.2, 0.25) is 0 Å². The smallest absolute Gasteiger partial charge is 0.123 e. The molecule has 0 radical (unpaired) electrons. The van der Waals surface area contributed by atoms with Gasteiger partial charge >= 0.3 is 0 Å². The molecule has 0 aliphatic heterocycles. The van der Waals surface area contributed by atoms with Crippen LogP contribution >= 0.6 is 0 Å². The molecule has 1 aromatic rings. The van der Waals surface area contributed by atoms with Crippen molar-refractivity contribution in [1.29, 1.82) is 0 Å². The van der Waals surface area contributed by atoms with Crippen LogP contribution < -0.4 is 5.32 Å². The Morgan fingerprint density at radius 1 is 1.47 bits per heavy atom. The van der Waals surface area contributed by atoms with Crippen LogP contribution in [0.25, 0.3) is 0 Å². The van der Waals surface area contributed by atoms with Crippen molar-refractivity contribution in [3.63, 3.8) is 0 Å². The quantitative estimate of drug-likeness (QED) is 0.748. The van der Waals surface area contributed by atoms with Gasteiger partial charge in [-0.25, -0.2) is 4.39 Å². The summed E-state index contributed by atoms with van der Waals surface area (Å²) in [6.07, 6.45) is 0.706. The molecule has 1 unspecified atom stereocenters. The standard InChI is InChI=1S/C13H16FN/c1-4-5-6-13(15-3)12-9-11(14)8-7-10(12)2/h7-9,13,15H,6H2,1-3H3. The minimum atomic E-state index is -0.194. The molecule has 0 fully saturated rings. The van der Waals surface area contributed by atoms with Crippen molar-refractivity contribution in [2.24, 2.45) is 0 Å². The molecule has 2 heteroatoms. The number of nitrogens with one attached hydrogen (secondary N) is 1. The summed E-state index contributed by atoms with van der Waals surface area (Å²) < 4.78 is 13.1. The second-order valence-corrected chi connectivity index (χ2v) is 3.47. The SMILES string of the molecule is CC#CCC(NC)c1cc(F)ccc1C. The lowest BCUT2D eigenvalue weighted by Crippen LogP contribution is -2.17. The summed E-state index contributed by atoms with van der Waals surface area (Å²) in [6, 6.07) is 4.97. The fourth-order valence-corrected chi connectivity index (χ4v) is 1.56. The Morgan fingerprint density at radius 2 is 2.20 bits per heavy atom. The van der Waals surface area contributed by atoms with E-state index >= 15 is 0 Å². The molecule has 0 aromatic heterocycles. The Kier molecular flexibility index (Phi) is 4.33. The van der Waals surface area contributed by atoms with Gasteiger partial charge in [0.15, 0.2) is 0 Å². The predicted molar refractivity (Wildman–Crippen MR) is 61.0 cm³/mol. The summed E-state index contributed by atoms with van der Waals surface area (Å²) in [6.45, 7) is 3.80. The van der Waals surface area contributed by atoms with E-state index in [1.165, 1.54) is 6.07 Å². The van der Waals surface area contributed by atoms with Crippen LogP contribution in [0.5, 0.6) is 0 Å². The number of halogens is 1. The van der Waals surface area contributed by atoms with Crippen molar-refractivity contribution in [2.75, 3.05) is 7.05 Å². The fourth-order valence-electron chi connectivity index (χ4n) is 1.56. The van der Waals surface area contributed by atoms with Crippen LogP contribution in [0.3, 0.4) is 0 Å². The number of aryl methyl sites for hydroxylation is 1. The van der Waals surface area contributed by atoms with E-state index < -0.39 is 0 Å². The van der Waals surface area contributed by atoms with Crippen LogP contribution in [-0.4, -0.2) is 7.05 Å². The molecule has 1 aromatic carbocycles. The molecule has 0 saturated heterocycles. The maximum Gasteiger partial charge on any atom is 0.123 e. The van der Waals surface area contributed by atoms with Crippen LogP contribution in [0, 0.1) is 24.6 Å². The van der Waals surface area contributed by atoms with Gasteiger partial charge in [0, 0.05) is 12.5 Å². The zero-order chi connectivity index (χ0) is 11.3. The zero-order valence-corrected chi connectivity index (χ0v) is 9.39. The molecule has 1 nitrogen and oxygen atoms in total. The van der Waals surface area contributed by atoms with Crippen molar-refractivity contribution >= 4 is 0 Å². The van der Waals surface area contributed by atoms with Crippen molar-refractivity contribution < 1.29 is 4.39 Å². The topological polar surface area (TPSA) is 12.0 Å². The lowest BCUT2D eigenvalue weighted by molar-refractivity contribution is 0.587. The molecule has 80 valence electrons. The minimum Gasteiger partial charge on any atom is -0.312 e. The molecule has 0 heterocycles. The van der Waals surface area contributed by atoms with Gasteiger partial charge in [-0.3, -0.25) is 0 Å². The van der Waals surface area contributed by atoms with E-state index in [0.717, 1.165) is 11.1 Å². The maximum atomic E-state index is 13.1. The number of benzene rings is 1. The molecule has 15 heavy (non-hydrogen) atoms. The van der Waals surface area contributed by atoms with E-state index in [4.69, 9.17) is 0 Å². The molecule has 1 N–H and O–H groups in total. The van der Waals surface area contributed by atoms with Crippen LogP contribution in [0.4, 0.5) is 4.39 Å². The highest BCUT2D eigenvalue weighted by molar-refractivity contribution is 5.30. The summed E-state index contributed by atoms with van der Waals surface area (Å²) in [7, 11) is 1.87. The van der Waals surface area contributed by atoms with Crippen molar-refractivity contribution in [3.8, 4) is 11.8 Å². The van der Waals surface area contributed by atoms with E-state index in [-0.39, 0.29) is 11.9 Å². The van der Waals surface area contributed by atoms with Gasteiger partial charge in [-0.05, 0) is 44.2 Å². The van der Waals surface area contributed by atoms with Gasteiger partial charge in [-0.15, -0.1) is 11.8 Å². The van der Waals surface area contributed by atoms with Crippen LogP contribution in [0.15, 0.2) is 18.2 Å². The molecule has 1 rings (SSSR count). The summed E-state index contributed by atoms with van der Waals surface area (Å²) in [5.41, 5.74) is 2.08. The Bertz CT molecular complexity index is 387. The first-order valence-electron chi connectivity index (χ1n) is 5.02. The average molecular weight is 205 g/mol. The largest absolute Gasteiger partial charge is 0.312 e. The third-order valence-corrected chi connectivity index (χ3v) is 2.45. The first kappa shape index (κ1) is 11.7. The molecule has 0 bridgehead atoms. The van der Waals surface area contributed by atoms with Gasteiger partial charge in [0.05, 0.1) is 0 Å². The third kappa shape index (κ3) is 3.07. The summed E-state index contributed by atoms with van der Waals surface area (Å²) in [4.78, 5) is 0. The normalized spacial score (nSPS) is 11.7. The second kappa shape index (κ2) is 5.53. The van der Waals surface area contributed by atoms with Gasteiger partial charge < -0.3 is 5.32 Å². The van der Waals surface area contributed by atoms with Crippen LogP contribution in [-0.2, 0) is 0 Å². The Balaban J connectivity index is 2.98. The monoisotopic (exact) mass is 205 g/mol. The van der Waals surface area contributed by atoms with E-state index in [1.807, 2.05) is 20.9 Å². The van der Waals surface area contributed by atoms with E-state index in [1.54, 1.807) is 12.1 Å². The highest BCUT2D eigenvalue weighted by atomic mass is 19.1. The molecule has 0 aliphatic rings. The predicted octanol–water partition coefficient (Wildman–Crippen LogP) is 2.81. The number of hydrogen-bond acceptors (Lipinski definition) is 1. The first-order valence-corrected chi connectivity index (χ1v) is 5.02. The maximum absolute atomic E-state index is 13.1. The van der Waals surface area contributed by atoms with E-state index in [9.17, 15) is 4.39 Å². The fraction of sp³-hybridized carbons (Fsp3) is 0.385. The molecule has 1 atom stereocenters. The Hall–Kier alpha value is -1.33. The number of hydrogen-bond donors (Lipinski definition) is 1. The van der Waals surface area contributed by atoms with E-state index in [2.05, 4.69) is 17.2 Å². The molecule has 0 amide bonds. The summed E-state index contributed by atoms with van der Waals surface area (Å²) in [5.74, 6) is 5.67. The minimum absolute atomic E-state index is 0.105. The van der Waals surface area contributed by atoms with Gasteiger partial charge in [0.1, 0.15) is 5.82 Å². The molecule has 0 saturated carbocycles. The lowest BCUT2D eigenvalue weighted by atomic mass is 9.99. The average Bonchev–Trinajstić information content (AvgIpc) is 2.24. The van der Waals surface area contributed by atoms with Gasteiger partial charge in [0.25, 0.3) is 0 Å². The highest BCUT2D eigenvalue weighted by Gasteiger charge is 2.11. The summed E-state index contributed by atoms with van der Waals surface area (Å²) in [5, 5.41) is 3.15. The Labute approximate surface area is 90.7 Å². The Morgan fingerprint density at radius 3 is 2.80 bits per heavy atom. The van der Waals surface area contributed by atoms with Crippen LogP contribution in [0.1, 0.15) is 30.5 Å². The van der Waals surface area contributed by atoms with Gasteiger partial charge in [-0.1, -0.05) is 6.07 Å². The van der Waals surface area contributed by atoms with Crippen molar-refractivity contribution in [2.45, 2.75) is 26.3 Å².